The lowest BCUT2D eigenvalue weighted by Gasteiger charge is -2.38. The first-order chi connectivity index (χ1) is 11.3. The van der Waals surface area contributed by atoms with Crippen molar-refractivity contribution >= 4 is 11.7 Å². The molecular formula is C16H18F4N2O2. The van der Waals surface area contributed by atoms with Gasteiger partial charge in [0.1, 0.15) is 5.82 Å². The number of anilines is 1. The molecule has 1 heterocycles. The molecule has 0 saturated heterocycles. The molecule has 1 aromatic rings. The van der Waals surface area contributed by atoms with Gasteiger partial charge in [0.25, 0.3) is 0 Å². The molecule has 1 fully saturated rings. The lowest BCUT2D eigenvalue weighted by atomic mass is 9.90. The molecule has 2 aliphatic rings. The second-order valence-corrected chi connectivity index (χ2v) is 6.21. The lowest BCUT2D eigenvalue weighted by Crippen LogP contribution is -2.53. The number of amides is 2. The van der Waals surface area contributed by atoms with E-state index in [1.54, 1.807) is 6.92 Å². The highest BCUT2D eigenvalue weighted by molar-refractivity contribution is 5.91. The zero-order valence-corrected chi connectivity index (χ0v) is 13.1. The molecule has 4 nitrogen and oxygen atoms in total. The Labute approximate surface area is 136 Å². The third-order valence-electron chi connectivity index (χ3n) is 4.46. The Balaban J connectivity index is 2.14. The van der Waals surface area contributed by atoms with Crippen molar-refractivity contribution < 1.29 is 27.1 Å². The number of likely N-dealkylation sites (N-methyl/N-ethyl adjacent to an activating group) is 1. The van der Waals surface area contributed by atoms with Gasteiger partial charge in [-0.15, -0.1) is 0 Å². The first-order valence-electron chi connectivity index (χ1n) is 7.83. The van der Waals surface area contributed by atoms with Gasteiger partial charge in [0.15, 0.2) is 0 Å². The van der Waals surface area contributed by atoms with Crippen LogP contribution in [-0.4, -0.2) is 36.8 Å². The Hall–Kier alpha value is -1.83. The van der Waals surface area contributed by atoms with Gasteiger partial charge in [-0.1, -0.05) is 0 Å². The molecule has 1 aliphatic heterocycles. The molecule has 0 aromatic heterocycles. The minimum absolute atomic E-state index is 0.0682. The summed E-state index contributed by atoms with van der Waals surface area (Å²) in [4.78, 5) is 13.2. The third kappa shape index (κ3) is 2.94. The van der Waals surface area contributed by atoms with Crippen molar-refractivity contribution in [1.29, 1.82) is 0 Å². The highest BCUT2D eigenvalue weighted by Gasteiger charge is 2.61. The average Bonchev–Trinajstić information content (AvgIpc) is 3.32. The molecule has 0 bridgehead atoms. The van der Waals surface area contributed by atoms with Gasteiger partial charge >= 0.3 is 12.2 Å². The van der Waals surface area contributed by atoms with E-state index >= 15 is 0 Å². The molecule has 2 amide bonds. The molecule has 1 atom stereocenters. The Morgan fingerprint density at radius 3 is 2.67 bits per heavy atom. The van der Waals surface area contributed by atoms with Crippen molar-refractivity contribution in [2.24, 2.45) is 5.92 Å². The Morgan fingerprint density at radius 1 is 1.38 bits per heavy atom. The maximum absolute atomic E-state index is 14.1. The average molecular weight is 346 g/mol. The summed E-state index contributed by atoms with van der Waals surface area (Å²) in [5.74, 6) is -0.722. The van der Waals surface area contributed by atoms with Gasteiger partial charge in [0.2, 0.25) is 5.60 Å². The van der Waals surface area contributed by atoms with Crippen LogP contribution in [0.5, 0.6) is 0 Å². The number of hydrogen-bond donors (Lipinski definition) is 1. The molecule has 1 N–H and O–H groups in total. The zero-order valence-electron chi connectivity index (χ0n) is 13.1. The number of carbonyl (C=O) groups is 1. The minimum atomic E-state index is -4.80. The van der Waals surface area contributed by atoms with Gasteiger partial charge in [-0.05, 0) is 43.9 Å². The van der Waals surface area contributed by atoms with Crippen molar-refractivity contribution in [1.82, 2.24) is 4.90 Å². The van der Waals surface area contributed by atoms with Gasteiger partial charge in [0.05, 0.1) is 13.2 Å². The van der Waals surface area contributed by atoms with Crippen LogP contribution in [0.15, 0.2) is 18.2 Å². The maximum atomic E-state index is 14.1. The van der Waals surface area contributed by atoms with Crippen LogP contribution in [0.3, 0.4) is 0 Å². The predicted octanol–water partition coefficient (Wildman–Crippen LogP) is 3.88. The first kappa shape index (κ1) is 17.0. The summed E-state index contributed by atoms with van der Waals surface area (Å²) >= 11 is 0. The minimum Gasteiger partial charge on any atom is -0.359 e. The van der Waals surface area contributed by atoms with Crippen LogP contribution >= 0.6 is 0 Å². The molecular weight excluding hydrogens is 328 g/mol. The Morgan fingerprint density at radius 2 is 2.08 bits per heavy atom. The maximum Gasteiger partial charge on any atom is 0.423 e. The standard InChI is InChI=1S/C16H18F4N2O2/c1-2-22-9-15(16(18,19)20,24-8-10-3-4-10)12-7-11(17)5-6-13(12)21-14(22)23/h5-7,10H,2-4,8-9H2,1H3,(H,21,23)/t15-/m1/s1. The van der Waals surface area contributed by atoms with E-state index in [9.17, 15) is 22.4 Å². The molecule has 132 valence electrons. The molecule has 8 heteroatoms. The quantitative estimate of drug-likeness (QED) is 0.841. The van der Waals surface area contributed by atoms with E-state index < -0.39 is 30.2 Å². The zero-order chi connectivity index (χ0) is 17.5. The molecule has 0 radical (unpaired) electrons. The van der Waals surface area contributed by atoms with Crippen LogP contribution < -0.4 is 5.32 Å². The number of alkyl halides is 3. The van der Waals surface area contributed by atoms with Crippen molar-refractivity contribution in [2.75, 3.05) is 25.0 Å². The number of nitrogens with zero attached hydrogens (tertiary/aromatic N) is 1. The SMILES string of the molecule is CCN1C[C@](OCC2CC2)(C(F)(F)F)c2cc(F)ccc2NC1=O. The normalized spacial score (nSPS) is 24.4. The summed E-state index contributed by atoms with van der Waals surface area (Å²) < 4.78 is 61.3. The summed E-state index contributed by atoms with van der Waals surface area (Å²) in [6.45, 7) is 0.883. The van der Waals surface area contributed by atoms with Crippen LogP contribution in [0.2, 0.25) is 0 Å². The van der Waals surface area contributed by atoms with Gasteiger partial charge < -0.3 is 15.0 Å². The van der Waals surface area contributed by atoms with Gasteiger partial charge in [-0.3, -0.25) is 0 Å². The lowest BCUT2D eigenvalue weighted by molar-refractivity contribution is -0.288. The highest BCUT2D eigenvalue weighted by Crippen LogP contribution is 2.48. The smallest absolute Gasteiger partial charge is 0.359 e. The molecule has 24 heavy (non-hydrogen) atoms. The molecule has 1 saturated carbocycles. The van der Waals surface area contributed by atoms with E-state index in [1.165, 1.54) is 0 Å². The van der Waals surface area contributed by atoms with Crippen LogP contribution in [0.25, 0.3) is 0 Å². The number of carbonyl (C=O) groups excluding carboxylic acids is 1. The van der Waals surface area contributed by atoms with Crippen molar-refractivity contribution in [2.45, 2.75) is 31.5 Å². The number of hydrogen-bond acceptors (Lipinski definition) is 2. The summed E-state index contributed by atoms with van der Waals surface area (Å²) in [5.41, 5.74) is -3.22. The number of urea groups is 1. The van der Waals surface area contributed by atoms with Crippen LogP contribution in [-0.2, 0) is 10.3 Å². The van der Waals surface area contributed by atoms with E-state index in [0.29, 0.717) is 0 Å². The van der Waals surface area contributed by atoms with Crippen LogP contribution in [0.1, 0.15) is 25.3 Å². The summed E-state index contributed by atoms with van der Waals surface area (Å²) in [7, 11) is 0. The molecule has 1 aliphatic carbocycles. The summed E-state index contributed by atoms with van der Waals surface area (Å²) in [5, 5.41) is 2.42. The topological polar surface area (TPSA) is 41.6 Å². The third-order valence-corrected chi connectivity index (χ3v) is 4.46. The van der Waals surface area contributed by atoms with Gasteiger partial charge in [0, 0.05) is 17.8 Å². The van der Waals surface area contributed by atoms with Crippen molar-refractivity contribution in [3.05, 3.63) is 29.6 Å². The van der Waals surface area contributed by atoms with Gasteiger partial charge in [-0.2, -0.15) is 13.2 Å². The van der Waals surface area contributed by atoms with Crippen molar-refractivity contribution in [3.63, 3.8) is 0 Å². The molecule has 0 spiro atoms. The van der Waals surface area contributed by atoms with Crippen LogP contribution in [0.4, 0.5) is 28.0 Å². The fourth-order valence-electron chi connectivity index (χ4n) is 2.83. The van der Waals surface area contributed by atoms with Crippen molar-refractivity contribution in [3.8, 4) is 0 Å². The van der Waals surface area contributed by atoms with E-state index in [1.807, 2.05) is 0 Å². The first-order valence-corrected chi connectivity index (χ1v) is 7.83. The highest BCUT2D eigenvalue weighted by atomic mass is 19.4. The largest absolute Gasteiger partial charge is 0.423 e. The molecule has 0 unspecified atom stereocenters. The van der Waals surface area contributed by atoms with E-state index in [0.717, 1.165) is 35.9 Å². The predicted molar refractivity (Wildman–Crippen MR) is 79.1 cm³/mol. The second kappa shape index (κ2) is 5.91. The summed E-state index contributed by atoms with van der Waals surface area (Å²) in [6, 6.07) is 2.30. The number of nitrogens with one attached hydrogen (secondary N) is 1. The molecule has 1 aromatic carbocycles. The molecule has 3 rings (SSSR count). The number of rotatable bonds is 4. The van der Waals surface area contributed by atoms with Gasteiger partial charge in [-0.25, -0.2) is 9.18 Å². The number of ether oxygens (including phenoxy) is 1. The fraction of sp³-hybridized carbons (Fsp3) is 0.562. The van der Waals surface area contributed by atoms with E-state index in [4.69, 9.17) is 4.74 Å². The number of halogens is 4. The van der Waals surface area contributed by atoms with E-state index in [2.05, 4.69) is 5.32 Å². The van der Waals surface area contributed by atoms with E-state index in [-0.39, 0.29) is 30.3 Å². The summed E-state index contributed by atoms with van der Waals surface area (Å²) in [6.07, 6.45) is -3.17. The van der Waals surface area contributed by atoms with Crippen LogP contribution in [0, 0.1) is 11.7 Å². The Bertz CT molecular complexity index is 645. The number of benzene rings is 1. The second-order valence-electron chi connectivity index (χ2n) is 6.21. The Kier molecular flexibility index (Phi) is 4.19. The number of fused-ring (bicyclic) bond motifs is 1. The monoisotopic (exact) mass is 346 g/mol. The fourth-order valence-corrected chi connectivity index (χ4v) is 2.83.